The van der Waals surface area contributed by atoms with Crippen molar-refractivity contribution < 1.29 is 56.1 Å². The van der Waals surface area contributed by atoms with E-state index in [1.54, 1.807) is 30.3 Å². The predicted molar refractivity (Wildman–Crippen MR) is 121 cm³/mol. The van der Waals surface area contributed by atoms with E-state index in [0.29, 0.717) is 0 Å². The standard InChI is InChI=1S/C22H17N3O6S2.Na/c23-17-11-10-14-12-16(33(29,30)31)13-19(26)21(14)22(17)25-24-18-8-4-5-9-20(18)32(27,28)15-6-2-1-3-7-15;/h1-13,26H,23H2,(H,29,30,31);/q;+1/p-1. The van der Waals surface area contributed by atoms with Crippen molar-refractivity contribution in [3.8, 4) is 5.75 Å². The van der Waals surface area contributed by atoms with Crippen molar-refractivity contribution in [2.75, 3.05) is 5.73 Å². The average Bonchev–Trinajstić information content (AvgIpc) is 2.78. The van der Waals surface area contributed by atoms with Crippen LogP contribution in [-0.2, 0) is 20.0 Å². The number of phenols is 1. The zero-order chi connectivity index (χ0) is 23.8. The molecule has 0 radical (unpaired) electrons. The van der Waals surface area contributed by atoms with Crippen molar-refractivity contribution in [3.05, 3.63) is 78.9 Å². The van der Waals surface area contributed by atoms with E-state index in [1.807, 2.05) is 0 Å². The molecule has 0 atom stereocenters. The van der Waals surface area contributed by atoms with E-state index in [2.05, 4.69) is 10.2 Å². The van der Waals surface area contributed by atoms with Crippen LogP contribution in [0.3, 0.4) is 0 Å². The molecule has 0 unspecified atom stereocenters. The molecule has 168 valence electrons. The van der Waals surface area contributed by atoms with Crippen molar-refractivity contribution in [1.29, 1.82) is 0 Å². The van der Waals surface area contributed by atoms with Crippen LogP contribution in [0, 0.1) is 0 Å². The van der Waals surface area contributed by atoms with Crippen molar-refractivity contribution >= 4 is 47.8 Å². The second-order valence-electron chi connectivity index (χ2n) is 6.98. The minimum Gasteiger partial charge on any atom is -0.744 e. The molecule has 4 rings (SSSR count). The summed E-state index contributed by atoms with van der Waals surface area (Å²) in [5.74, 6) is -0.534. The zero-order valence-electron chi connectivity index (χ0n) is 17.8. The minimum atomic E-state index is -4.81. The molecule has 9 nitrogen and oxygen atoms in total. The van der Waals surface area contributed by atoms with Gasteiger partial charge in [-0.1, -0.05) is 36.4 Å². The van der Waals surface area contributed by atoms with E-state index in [4.69, 9.17) is 5.73 Å². The van der Waals surface area contributed by atoms with Crippen molar-refractivity contribution in [1.82, 2.24) is 0 Å². The van der Waals surface area contributed by atoms with Gasteiger partial charge in [0.2, 0.25) is 9.84 Å². The van der Waals surface area contributed by atoms with Gasteiger partial charge >= 0.3 is 29.6 Å². The summed E-state index contributed by atoms with van der Waals surface area (Å²) in [5, 5.41) is 18.8. The van der Waals surface area contributed by atoms with Crippen LogP contribution in [0.15, 0.2) is 104 Å². The normalized spacial score (nSPS) is 12.0. The van der Waals surface area contributed by atoms with Crippen LogP contribution < -0.4 is 35.3 Å². The van der Waals surface area contributed by atoms with E-state index < -0.39 is 30.6 Å². The molecule has 0 aliphatic carbocycles. The molecular weight excluding hydrogens is 489 g/mol. The van der Waals surface area contributed by atoms with Crippen LogP contribution in [0.4, 0.5) is 17.1 Å². The van der Waals surface area contributed by atoms with E-state index in [1.165, 1.54) is 36.4 Å². The Morgan fingerprint density at radius 1 is 0.794 bits per heavy atom. The Bertz CT molecular complexity index is 1620. The van der Waals surface area contributed by atoms with Crippen LogP contribution in [0.1, 0.15) is 0 Å². The first kappa shape index (κ1) is 25.8. The van der Waals surface area contributed by atoms with Gasteiger partial charge in [-0.15, -0.1) is 10.2 Å². The van der Waals surface area contributed by atoms with Gasteiger partial charge in [0, 0.05) is 0 Å². The Balaban J connectivity index is 0.00000324. The second kappa shape index (κ2) is 9.82. The first-order valence-corrected chi connectivity index (χ1v) is 12.3. The number of nitrogens with zero attached hydrogens (tertiary/aromatic N) is 2. The molecule has 0 aliphatic heterocycles. The molecule has 0 aliphatic rings. The van der Waals surface area contributed by atoms with Gasteiger partial charge in [0.1, 0.15) is 27.2 Å². The molecule has 0 saturated heterocycles. The molecule has 0 amide bonds. The van der Waals surface area contributed by atoms with Gasteiger partial charge in [-0.3, -0.25) is 0 Å². The summed E-state index contributed by atoms with van der Waals surface area (Å²) >= 11 is 0. The van der Waals surface area contributed by atoms with Crippen LogP contribution in [0.25, 0.3) is 10.8 Å². The van der Waals surface area contributed by atoms with Gasteiger partial charge in [-0.25, -0.2) is 16.8 Å². The van der Waals surface area contributed by atoms with Crippen molar-refractivity contribution in [2.24, 2.45) is 10.2 Å². The Morgan fingerprint density at radius 3 is 2.12 bits per heavy atom. The Morgan fingerprint density at radius 2 is 1.44 bits per heavy atom. The predicted octanol–water partition coefficient (Wildman–Crippen LogP) is 1.28. The fourth-order valence-electron chi connectivity index (χ4n) is 3.26. The maximum atomic E-state index is 13.1. The molecule has 4 aromatic rings. The molecule has 0 aromatic heterocycles. The number of hydrogen-bond donors (Lipinski definition) is 2. The molecule has 12 heteroatoms. The fraction of sp³-hybridized carbons (Fsp3) is 0. The van der Waals surface area contributed by atoms with Crippen molar-refractivity contribution in [2.45, 2.75) is 14.7 Å². The molecular formula is C22H16N3NaO6S2. The summed E-state index contributed by atoms with van der Waals surface area (Å²) in [7, 11) is -8.70. The van der Waals surface area contributed by atoms with Crippen molar-refractivity contribution in [3.63, 3.8) is 0 Å². The second-order valence-corrected chi connectivity index (χ2v) is 10.3. The zero-order valence-corrected chi connectivity index (χ0v) is 21.4. The number of rotatable bonds is 5. The number of fused-ring (bicyclic) bond motifs is 1. The fourth-order valence-corrected chi connectivity index (χ4v) is 5.20. The summed E-state index contributed by atoms with van der Waals surface area (Å²) < 4.78 is 60.2. The molecule has 0 fully saturated rings. The van der Waals surface area contributed by atoms with Gasteiger partial charge in [0.15, 0.2) is 0 Å². The van der Waals surface area contributed by atoms with Gasteiger partial charge in [-0.05, 0) is 47.9 Å². The summed E-state index contributed by atoms with van der Waals surface area (Å²) in [4.78, 5) is -0.608. The van der Waals surface area contributed by atoms with E-state index in [9.17, 15) is 26.5 Å². The Kier molecular flexibility index (Phi) is 7.46. The number of sulfone groups is 1. The molecule has 34 heavy (non-hydrogen) atoms. The number of benzene rings is 4. The third kappa shape index (κ3) is 4.99. The minimum absolute atomic E-state index is 0. The largest absolute Gasteiger partial charge is 1.00 e. The van der Waals surface area contributed by atoms with E-state index in [-0.39, 0.29) is 67.2 Å². The third-order valence-electron chi connectivity index (χ3n) is 4.83. The number of aromatic hydroxyl groups is 1. The smallest absolute Gasteiger partial charge is 0.744 e. The number of hydrogen-bond acceptors (Lipinski definition) is 9. The summed E-state index contributed by atoms with van der Waals surface area (Å²) in [6.45, 7) is 0. The maximum Gasteiger partial charge on any atom is 1.00 e. The monoisotopic (exact) mass is 505 g/mol. The number of phenolic OH excluding ortho intramolecular Hbond substituents is 1. The molecule has 0 heterocycles. The summed E-state index contributed by atoms with van der Waals surface area (Å²) in [6.07, 6.45) is 0. The SMILES string of the molecule is Nc1ccc2cc(S(=O)(=O)[O-])cc(O)c2c1N=Nc1ccccc1S(=O)(=O)c1ccccc1.[Na+]. The summed E-state index contributed by atoms with van der Waals surface area (Å²) in [6, 6.07) is 18.6. The Labute approximate surface area is 217 Å². The quantitative estimate of drug-likeness (QED) is 0.179. The van der Waals surface area contributed by atoms with E-state index >= 15 is 0 Å². The van der Waals surface area contributed by atoms with Crippen LogP contribution >= 0.6 is 0 Å². The topological polar surface area (TPSA) is 162 Å². The van der Waals surface area contributed by atoms with E-state index in [0.717, 1.165) is 12.1 Å². The molecule has 0 saturated carbocycles. The number of anilines is 1. The van der Waals surface area contributed by atoms with Gasteiger partial charge in [0.05, 0.1) is 25.8 Å². The third-order valence-corrected chi connectivity index (χ3v) is 7.46. The van der Waals surface area contributed by atoms with Crippen LogP contribution in [0.5, 0.6) is 5.75 Å². The van der Waals surface area contributed by atoms with Crippen LogP contribution in [-0.4, -0.2) is 26.5 Å². The molecule has 0 spiro atoms. The molecule has 4 aromatic carbocycles. The Hall–Kier alpha value is -2.80. The van der Waals surface area contributed by atoms with Gasteiger partial charge in [0.25, 0.3) is 0 Å². The average molecular weight is 506 g/mol. The van der Waals surface area contributed by atoms with Gasteiger partial charge < -0.3 is 15.4 Å². The maximum absolute atomic E-state index is 13.1. The van der Waals surface area contributed by atoms with Crippen LogP contribution in [0.2, 0.25) is 0 Å². The number of nitrogen functional groups attached to an aromatic ring is 1. The first-order chi connectivity index (χ1) is 15.6. The first-order valence-electron chi connectivity index (χ1n) is 9.41. The van der Waals surface area contributed by atoms with Gasteiger partial charge in [-0.2, -0.15) is 0 Å². The molecule has 0 bridgehead atoms. The number of azo groups is 1. The molecule has 3 N–H and O–H groups in total. The summed E-state index contributed by atoms with van der Waals surface area (Å²) in [5.41, 5.74) is 6.13. The number of nitrogens with two attached hydrogens (primary N) is 1.